The van der Waals surface area contributed by atoms with Crippen LogP contribution in [0.1, 0.15) is 20.3 Å². The van der Waals surface area contributed by atoms with E-state index in [2.05, 4.69) is 47.9 Å². The Kier molecular flexibility index (Phi) is 4.36. The minimum absolute atomic E-state index is 0.337. The van der Waals surface area contributed by atoms with Crippen LogP contribution < -0.4 is 15.5 Å². The van der Waals surface area contributed by atoms with Gasteiger partial charge in [-0.15, -0.1) is 0 Å². The lowest BCUT2D eigenvalue weighted by molar-refractivity contribution is 0.122. The van der Waals surface area contributed by atoms with E-state index in [4.69, 9.17) is 10.5 Å². The van der Waals surface area contributed by atoms with Gasteiger partial charge < -0.3 is 20.3 Å². The maximum absolute atomic E-state index is 6.19. The zero-order valence-electron chi connectivity index (χ0n) is 13.2. The van der Waals surface area contributed by atoms with Crippen molar-refractivity contribution in [2.45, 2.75) is 32.4 Å². The molecule has 0 radical (unpaired) electrons. The number of hydrogen-bond acceptors (Lipinski definition) is 4. The van der Waals surface area contributed by atoms with Gasteiger partial charge in [-0.1, -0.05) is 6.92 Å². The summed E-state index contributed by atoms with van der Waals surface area (Å²) in [6, 6.07) is 9.83. The summed E-state index contributed by atoms with van der Waals surface area (Å²) in [5.41, 5.74) is 8.81. The van der Waals surface area contributed by atoms with E-state index in [1.165, 1.54) is 11.4 Å². The van der Waals surface area contributed by atoms with Crippen molar-refractivity contribution in [3.8, 4) is 0 Å². The van der Waals surface area contributed by atoms with Crippen LogP contribution in [0.25, 0.3) is 0 Å². The monoisotopic (exact) mass is 289 g/mol. The Morgan fingerprint density at radius 3 is 2.29 bits per heavy atom. The normalized spacial score (nSPS) is 30.5. The summed E-state index contributed by atoms with van der Waals surface area (Å²) < 4.78 is 5.41. The zero-order valence-corrected chi connectivity index (χ0v) is 13.2. The standard InChI is InChI=1S/C17H27N3O/c1-13-14(2)20(8-7-17(13)18)16-5-3-15(4-6-16)19-9-11-21-12-10-19/h3-6,13-14,17H,7-12,18H2,1-2H3. The highest BCUT2D eigenvalue weighted by atomic mass is 16.5. The predicted octanol–water partition coefficient (Wildman–Crippen LogP) is 2.09. The Labute approximate surface area is 127 Å². The summed E-state index contributed by atoms with van der Waals surface area (Å²) in [6.07, 6.45) is 1.08. The molecule has 2 fully saturated rings. The van der Waals surface area contributed by atoms with Gasteiger partial charge in [-0.05, 0) is 43.5 Å². The number of nitrogens with zero attached hydrogens (tertiary/aromatic N) is 2. The number of nitrogens with two attached hydrogens (primary N) is 1. The minimum Gasteiger partial charge on any atom is -0.378 e. The average molecular weight is 289 g/mol. The van der Waals surface area contributed by atoms with E-state index in [0.29, 0.717) is 18.0 Å². The lowest BCUT2D eigenvalue weighted by Crippen LogP contribution is -2.51. The molecule has 116 valence electrons. The number of piperidine rings is 1. The number of hydrogen-bond donors (Lipinski definition) is 1. The van der Waals surface area contributed by atoms with Gasteiger partial charge in [0.1, 0.15) is 0 Å². The second-order valence-electron chi connectivity index (χ2n) is 6.36. The largest absolute Gasteiger partial charge is 0.378 e. The van der Waals surface area contributed by atoms with Gasteiger partial charge in [-0.25, -0.2) is 0 Å². The summed E-state index contributed by atoms with van der Waals surface area (Å²) in [4.78, 5) is 4.89. The molecule has 4 nitrogen and oxygen atoms in total. The van der Waals surface area contributed by atoms with Crippen LogP contribution in [0.15, 0.2) is 24.3 Å². The molecule has 0 amide bonds. The fourth-order valence-corrected chi connectivity index (χ4v) is 3.44. The first-order valence-corrected chi connectivity index (χ1v) is 8.12. The van der Waals surface area contributed by atoms with Gasteiger partial charge in [0.2, 0.25) is 0 Å². The summed E-state index contributed by atoms with van der Waals surface area (Å²) >= 11 is 0. The van der Waals surface area contributed by atoms with Gasteiger partial charge in [0, 0.05) is 43.1 Å². The summed E-state index contributed by atoms with van der Waals surface area (Å²) in [7, 11) is 0. The van der Waals surface area contributed by atoms with Crippen LogP contribution in [0.5, 0.6) is 0 Å². The van der Waals surface area contributed by atoms with E-state index in [1.54, 1.807) is 0 Å². The quantitative estimate of drug-likeness (QED) is 0.905. The maximum atomic E-state index is 6.19. The molecule has 2 heterocycles. The summed E-state index contributed by atoms with van der Waals surface area (Å²) in [5, 5.41) is 0. The Balaban J connectivity index is 1.71. The molecule has 1 aromatic rings. The molecule has 0 spiro atoms. The second-order valence-corrected chi connectivity index (χ2v) is 6.36. The van der Waals surface area contributed by atoms with Crippen LogP contribution >= 0.6 is 0 Å². The fourth-order valence-electron chi connectivity index (χ4n) is 3.44. The second kappa shape index (κ2) is 6.24. The van der Waals surface area contributed by atoms with Crippen LogP contribution in [0.2, 0.25) is 0 Å². The Morgan fingerprint density at radius 2 is 1.62 bits per heavy atom. The van der Waals surface area contributed by atoms with E-state index in [0.717, 1.165) is 39.3 Å². The van der Waals surface area contributed by atoms with Gasteiger partial charge in [0.05, 0.1) is 13.2 Å². The van der Waals surface area contributed by atoms with Crippen molar-refractivity contribution in [3.05, 3.63) is 24.3 Å². The van der Waals surface area contributed by atoms with E-state index in [1.807, 2.05) is 0 Å². The molecule has 2 N–H and O–H groups in total. The first-order chi connectivity index (χ1) is 10.2. The molecular weight excluding hydrogens is 262 g/mol. The molecule has 21 heavy (non-hydrogen) atoms. The van der Waals surface area contributed by atoms with E-state index in [-0.39, 0.29) is 0 Å². The Morgan fingerprint density at radius 1 is 1.00 bits per heavy atom. The molecule has 2 aliphatic heterocycles. The molecular formula is C17H27N3O. The summed E-state index contributed by atoms with van der Waals surface area (Å²) in [6.45, 7) is 9.27. The van der Waals surface area contributed by atoms with Crippen molar-refractivity contribution in [1.29, 1.82) is 0 Å². The molecule has 0 aliphatic carbocycles. The Bertz CT molecular complexity index is 456. The molecule has 0 aromatic heterocycles. The SMILES string of the molecule is CC1C(N)CCN(c2ccc(N3CCOCC3)cc2)C1C. The predicted molar refractivity (Wildman–Crippen MR) is 88.0 cm³/mol. The third kappa shape index (κ3) is 3.01. The fraction of sp³-hybridized carbons (Fsp3) is 0.647. The van der Waals surface area contributed by atoms with Crippen LogP contribution in [0.4, 0.5) is 11.4 Å². The van der Waals surface area contributed by atoms with Gasteiger partial charge >= 0.3 is 0 Å². The molecule has 2 saturated heterocycles. The van der Waals surface area contributed by atoms with Crippen LogP contribution in [-0.4, -0.2) is 44.9 Å². The van der Waals surface area contributed by atoms with Crippen molar-refractivity contribution in [1.82, 2.24) is 0 Å². The zero-order chi connectivity index (χ0) is 14.8. The first-order valence-electron chi connectivity index (χ1n) is 8.12. The molecule has 4 heteroatoms. The number of benzene rings is 1. The number of ether oxygens (including phenoxy) is 1. The topological polar surface area (TPSA) is 41.7 Å². The van der Waals surface area contributed by atoms with Crippen molar-refractivity contribution in [2.24, 2.45) is 11.7 Å². The van der Waals surface area contributed by atoms with Crippen molar-refractivity contribution < 1.29 is 4.74 Å². The third-order valence-electron chi connectivity index (χ3n) is 5.19. The van der Waals surface area contributed by atoms with E-state index >= 15 is 0 Å². The molecule has 2 aliphatic rings. The van der Waals surface area contributed by atoms with E-state index < -0.39 is 0 Å². The van der Waals surface area contributed by atoms with Gasteiger partial charge in [-0.2, -0.15) is 0 Å². The molecule has 0 saturated carbocycles. The smallest absolute Gasteiger partial charge is 0.0642 e. The molecule has 0 bridgehead atoms. The van der Waals surface area contributed by atoms with Crippen LogP contribution in [0, 0.1) is 5.92 Å². The molecule has 3 unspecified atom stereocenters. The lowest BCUT2D eigenvalue weighted by atomic mass is 9.87. The van der Waals surface area contributed by atoms with Crippen molar-refractivity contribution >= 4 is 11.4 Å². The average Bonchev–Trinajstić information content (AvgIpc) is 2.54. The minimum atomic E-state index is 0.337. The van der Waals surface area contributed by atoms with Crippen LogP contribution in [-0.2, 0) is 4.74 Å². The molecule has 1 aromatic carbocycles. The maximum Gasteiger partial charge on any atom is 0.0642 e. The highest BCUT2D eigenvalue weighted by Gasteiger charge is 2.30. The third-order valence-corrected chi connectivity index (χ3v) is 5.19. The number of anilines is 2. The van der Waals surface area contributed by atoms with E-state index in [9.17, 15) is 0 Å². The van der Waals surface area contributed by atoms with Crippen LogP contribution in [0.3, 0.4) is 0 Å². The van der Waals surface area contributed by atoms with Gasteiger partial charge in [0.15, 0.2) is 0 Å². The number of rotatable bonds is 2. The van der Waals surface area contributed by atoms with Crippen molar-refractivity contribution in [2.75, 3.05) is 42.6 Å². The highest BCUT2D eigenvalue weighted by Crippen LogP contribution is 2.29. The summed E-state index contributed by atoms with van der Waals surface area (Å²) in [5.74, 6) is 0.540. The number of morpholine rings is 1. The Hall–Kier alpha value is -1.26. The van der Waals surface area contributed by atoms with Gasteiger partial charge in [-0.3, -0.25) is 0 Å². The molecule has 3 atom stereocenters. The van der Waals surface area contributed by atoms with Gasteiger partial charge in [0.25, 0.3) is 0 Å². The highest BCUT2D eigenvalue weighted by molar-refractivity contribution is 5.57. The first kappa shape index (κ1) is 14.7. The van der Waals surface area contributed by atoms with Crippen molar-refractivity contribution in [3.63, 3.8) is 0 Å². The molecule has 3 rings (SSSR count). The lowest BCUT2D eigenvalue weighted by Gasteiger charge is -2.43.